The smallest absolute Gasteiger partial charge is 0.334 e. The first-order valence-electron chi connectivity index (χ1n) is 7.20. The molecule has 0 aliphatic carbocycles. The van der Waals surface area contributed by atoms with Crippen LogP contribution in [-0.4, -0.2) is 55.4 Å². The van der Waals surface area contributed by atoms with Gasteiger partial charge in [0, 0.05) is 0 Å². The van der Waals surface area contributed by atoms with Gasteiger partial charge in [0.2, 0.25) is 5.41 Å². The fourth-order valence-corrected chi connectivity index (χ4v) is 2.63. The van der Waals surface area contributed by atoms with Crippen molar-refractivity contribution in [2.75, 3.05) is 0 Å². The lowest BCUT2D eigenvalue weighted by Crippen LogP contribution is -2.65. The maximum Gasteiger partial charge on any atom is 0.334 e. The molecule has 0 amide bonds. The van der Waals surface area contributed by atoms with Crippen molar-refractivity contribution in [3.63, 3.8) is 0 Å². The van der Waals surface area contributed by atoms with Gasteiger partial charge in [0.1, 0.15) is 0 Å². The highest BCUT2D eigenvalue weighted by Crippen LogP contribution is 2.46. The van der Waals surface area contributed by atoms with Gasteiger partial charge in [-0.2, -0.15) is 0 Å². The summed E-state index contributed by atoms with van der Waals surface area (Å²) >= 11 is 0. The summed E-state index contributed by atoms with van der Waals surface area (Å²) in [6.07, 6.45) is 1.40. The fraction of sp³-hybridized carbons (Fsp3) is 0.643. The first kappa shape index (κ1) is 21.4. The van der Waals surface area contributed by atoms with Crippen LogP contribution in [0, 0.1) is 10.8 Å². The number of hydrogen-bond acceptors (Lipinski definition) is 5. The SMILES string of the molecule is CCCCCCCC(C(=O)O)(C(=O)O)C(C(=O)O)(C(=O)O)C(=O)O. The molecule has 0 aliphatic rings. The van der Waals surface area contributed by atoms with Crippen molar-refractivity contribution in [1.82, 2.24) is 0 Å². The standard InChI is InChI=1S/C14H20O10/c1-2-3-4-5-6-7-13(8(15)16,9(17)18)14(10(19)20,11(21)22)12(23)24/h2-7H2,1H3,(H,15,16)(H,17,18)(H,19,20)(H,21,22)(H,23,24). The number of hydrogen-bond donors (Lipinski definition) is 5. The average molecular weight is 348 g/mol. The third-order valence-corrected chi connectivity index (χ3v) is 3.99. The van der Waals surface area contributed by atoms with Gasteiger partial charge in [-0.1, -0.05) is 39.0 Å². The molecule has 0 rings (SSSR count). The van der Waals surface area contributed by atoms with Gasteiger partial charge in [-0.25, -0.2) is 0 Å². The molecule has 0 radical (unpaired) electrons. The highest BCUT2D eigenvalue weighted by Gasteiger charge is 2.76. The van der Waals surface area contributed by atoms with Gasteiger partial charge >= 0.3 is 29.8 Å². The van der Waals surface area contributed by atoms with Gasteiger partial charge in [0.05, 0.1) is 0 Å². The molecule has 0 saturated carbocycles. The van der Waals surface area contributed by atoms with Crippen LogP contribution in [0.3, 0.4) is 0 Å². The summed E-state index contributed by atoms with van der Waals surface area (Å²) in [6.45, 7) is 1.89. The van der Waals surface area contributed by atoms with Crippen LogP contribution in [0.25, 0.3) is 0 Å². The van der Waals surface area contributed by atoms with Crippen LogP contribution in [0.15, 0.2) is 0 Å². The molecule has 0 aromatic carbocycles. The Bertz CT molecular complexity index is 486. The second-order valence-electron chi connectivity index (χ2n) is 5.35. The Morgan fingerprint density at radius 1 is 0.625 bits per heavy atom. The molecule has 0 spiro atoms. The molecule has 10 nitrogen and oxygen atoms in total. The fourth-order valence-electron chi connectivity index (χ4n) is 2.63. The first-order chi connectivity index (χ1) is 11.0. The van der Waals surface area contributed by atoms with Gasteiger partial charge in [0.15, 0.2) is 0 Å². The van der Waals surface area contributed by atoms with Gasteiger partial charge in [-0.3, -0.25) is 24.0 Å². The second kappa shape index (κ2) is 8.27. The monoisotopic (exact) mass is 348 g/mol. The topological polar surface area (TPSA) is 186 Å². The molecular formula is C14H20O10. The Labute approximate surface area is 136 Å². The van der Waals surface area contributed by atoms with Gasteiger partial charge in [-0.15, -0.1) is 0 Å². The van der Waals surface area contributed by atoms with E-state index in [1.807, 2.05) is 6.92 Å². The van der Waals surface area contributed by atoms with Crippen molar-refractivity contribution in [3.05, 3.63) is 0 Å². The van der Waals surface area contributed by atoms with E-state index in [1.165, 1.54) is 0 Å². The largest absolute Gasteiger partial charge is 0.480 e. The lowest BCUT2D eigenvalue weighted by molar-refractivity contribution is -0.203. The minimum absolute atomic E-state index is 0.145. The molecule has 0 bridgehead atoms. The summed E-state index contributed by atoms with van der Waals surface area (Å²) in [6, 6.07) is 0. The third-order valence-electron chi connectivity index (χ3n) is 3.99. The summed E-state index contributed by atoms with van der Waals surface area (Å²) < 4.78 is 0. The maximum absolute atomic E-state index is 11.6. The molecular weight excluding hydrogens is 328 g/mol. The summed E-state index contributed by atoms with van der Waals surface area (Å²) in [5, 5.41) is 46.1. The van der Waals surface area contributed by atoms with Crippen molar-refractivity contribution < 1.29 is 49.5 Å². The van der Waals surface area contributed by atoms with Crippen LogP contribution in [0.2, 0.25) is 0 Å². The van der Waals surface area contributed by atoms with Crippen LogP contribution in [0.5, 0.6) is 0 Å². The zero-order valence-electron chi connectivity index (χ0n) is 13.0. The van der Waals surface area contributed by atoms with E-state index in [9.17, 15) is 34.2 Å². The zero-order chi connectivity index (χ0) is 19.1. The van der Waals surface area contributed by atoms with E-state index in [1.54, 1.807) is 0 Å². The number of carboxylic acids is 5. The van der Waals surface area contributed by atoms with Crippen LogP contribution in [0.4, 0.5) is 0 Å². The van der Waals surface area contributed by atoms with Crippen LogP contribution in [0.1, 0.15) is 45.4 Å². The molecule has 136 valence electrons. The second-order valence-corrected chi connectivity index (χ2v) is 5.35. The van der Waals surface area contributed by atoms with E-state index in [4.69, 9.17) is 15.3 Å². The van der Waals surface area contributed by atoms with E-state index in [0.29, 0.717) is 12.8 Å². The van der Waals surface area contributed by atoms with Gasteiger partial charge in [-0.05, 0) is 6.42 Å². The molecule has 5 N–H and O–H groups in total. The number of unbranched alkanes of at least 4 members (excludes halogenated alkanes) is 4. The first-order valence-corrected chi connectivity index (χ1v) is 7.20. The van der Waals surface area contributed by atoms with Crippen LogP contribution in [-0.2, 0) is 24.0 Å². The zero-order valence-corrected chi connectivity index (χ0v) is 13.0. The van der Waals surface area contributed by atoms with Gasteiger partial charge < -0.3 is 25.5 Å². The van der Waals surface area contributed by atoms with Crippen molar-refractivity contribution in [1.29, 1.82) is 0 Å². The summed E-state index contributed by atoms with van der Waals surface area (Å²) in [7, 11) is 0. The molecule has 0 aromatic rings. The molecule has 0 saturated heterocycles. The highest BCUT2D eigenvalue weighted by atomic mass is 16.4. The quantitative estimate of drug-likeness (QED) is 0.248. The summed E-state index contributed by atoms with van der Waals surface area (Å²) in [5.74, 6) is -12.3. The van der Waals surface area contributed by atoms with Crippen molar-refractivity contribution in [3.8, 4) is 0 Å². The molecule has 0 aromatic heterocycles. The number of carbonyl (C=O) groups is 5. The molecule has 0 unspecified atom stereocenters. The van der Waals surface area contributed by atoms with Crippen LogP contribution < -0.4 is 0 Å². The molecule has 0 fully saturated rings. The normalized spacial score (nSPS) is 11.7. The predicted octanol–water partition coefficient (Wildman–Crippen LogP) is 0.743. The minimum atomic E-state index is -4.05. The third kappa shape index (κ3) is 3.31. The minimum Gasteiger partial charge on any atom is -0.480 e. The van der Waals surface area contributed by atoms with E-state index in [0.717, 1.165) is 12.8 Å². The predicted molar refractivity (Wildman–Crippen MR) is 76.4 cm³/mol. The number of carboxylic acid groups (broad SMARTS) is 5. The lowest BCUT2D eigenvalue weighted by Gasteiger charge is -2.35. The van der Waals surface area contributed by atoms with Crippen molar-refractivity contribution in [2.45, 2.75) is 45.4 Å². The Morgan fingerprint density at radius 3 is 1.29 bits per heavy atom. The molecule has 0 atom stereocenters. The van der Waals surface area contributed by atoms with E-state index >= 15 is 0 Å². The number of aliphatic carboxylic acids is 5. The highest BCUT2D eigenvalue weighted by molar-refractivity contribution is 6.24. The van der Waals surface area contributed by atoms with Crippen molar-refractivity contribution in [2.24, 2.45) is 10.8 Å². The van der Waals surface area contributed by atoms with E-state index in [2.05, 4.69) is 0 Å². The van der Waals surface area contributed by atoms with Gasteiger partial charge in [0.25, 0.3) is 5.41 Å². The lowest BCUT2D eigenvalue weighted by atomic mass is 9.60. The summed E-state index contributed by atoms with van der Waals surface area (Å²) in [4.78, 5) is 57.4. The van der Waals surface area contributed by atoms with Crippen molar-refractivity contribution >= 4 is 29.8 Å². The Hall–Kier alpha value is -2.65. The molecule has 0 heterocycles. The van der Waals surface area contributed by atoms with E-state index in [-0.39, 0.29) is 6.42 Å². The summed E-state index contributed by atoms with van der Waals surface area (Å²) in [5.41, 5.74) is -7.59. The Balaban J connectivity index is 6.21. The van der Waals surface area contributed by atoms with E-state index < -0.39 is 47.1 Å². The molecule has 10 heteroatoms. The maximum atomic E-state index is 11.6. The average Bonchev–Trinajstić information content (AvgIpc) is 2.43. The number of rotatable bonds is 12. The molecule has 24 heavy (non-hydrogen) atoms. The van der Waals surface area contributed by atoms with Crippen LogP contribution >= 0.6 is 0 Å². The molecule has 0 aliphatic heterocycles. The Morgan fingerprint density at radius 2 is 1.00 bits per heavy atom. The Kier molecular flexibility index (Phi) is 7.36.